The fraction of sp³-hybridized carbons (Fsp3) is 0.211. The second kappa shape index (κ2) is 8.37. The number of nitrogens with zero attached hydrogens (tertiary/aromatic N) is 4. The van der Waals surface area contributed by atoms with E-state index in [1.807, 2.05) is 0 Å². The highest BCUT2D eigenvalue weighted by atomic mass is 19.1. The minimum Gasteiger partial charge on any atom is -0.348 e. The molecule has 3 aromatic rings. The molecule has 164 valence electrons. The minimum absolute atomic E-state index is 0.0207. The van der Waals surface area contributed by atoms with E-state index in [0.717, 1.165) is 4.52 Å². The van der Waals surface area contributed by atoms with Gasteiger partial charge < -0.3 is 16.0 Å². The summed E-state index contributed by atoms with van der Waals surface area (Å²) in [5, 5.41) is 13.5. The van der Waals surface area contributed by atoms with Crippen molar-refractivity contribution in [2.24, 2.45) is 0 Å². The van der Waals surface area contributed by atoms with Crippen LogP contribution >= 0.6 is 0 Å². The van der Waals surface area contributed by atoms with Crippen molar-refractivity contribution in [2.45, 2.75) is 19.5 Å². The highest BCUT2D eigenvalue weighted by molar-refractivity contribution is 6.04. The Labute approximate surface area is 179 Å². The van der Waals surface area contributed by atoms with Crippen molar-refractivity contribution in [2.75, 3.05) is 6.54 Å². The van der Waals surface area contributed by atoms with Gasteiger partial charge in [0, 0.05) is 19.2 Å². The zero-order valence-corrected chi connectivity index (χ0v) is 16.7. The Morgan fingerprint density at radius 1 is 1.19 bits per heavy atom. The number of imide groups is 1. The van der Waals surface area contributed by atoms with E-state index in [2.05, 4.69) is 36.3 Å². The smallest absolute Gasteiger partial charge is 0.322 e. The number of benzene rings is 1. The van der Waals surface area contributed by atoms with E-state index in [0.29, 0.717) is 11.1 Å². The monoisotopic (exact) mass is 440 g/mol. The zero-order chi connectivity index (χ0) is 22.8. The lowest BCUT2D eigenvalue weighted by atomic mass is 10.1. The third-order valence-electron chi connectivity index (χ3n) is 4.72. The molecule has 32 heavy (non-hydrogen) atoms. The van der Waals surface area contributed by atoms with Gasteiger partial charge in [-0.05, 0) is 24.1 Å². The largest absolute Gasteiger partial charge is 0.348 e. The van der Waals surface area contributed by atoms with Crippen LogP contribution < -0.4 is 21.3 Å². The van der Waals surface area contributed by atoms with Crippen LogP contribution in [0.3, 0.4) is 0 Å². The number of nitrogens with one attached hydrogen (secondary N) is 4. The van der Waals surface area contributed by atoms with E-state index >= 15 is 0 Å². The third kappa shape index (κ3) is 4.21. The molecule has 12 nitrogen and oxygen atoms in total. The molecule has 1 saturated heterocycles. The molecule has 1 aliphatic rings. The quantitative estimate of drug-likeness (QED) is 0.374. The van der Waals surface area contributed by atoms with E-state index in [1.165, 1.54) is 18.5 Å². The molecule has 1 aliphatic heterocycles. The Morgan fingerprint density at radius 3 is 2.72 bits per heavy atom. The lowest BCUT2D eigenvalue weighted by Crippen LogP contribution is -2.42. The second-order valence-corrected chi connectivity index (χ2v) is 6.99. The van der Waals surface area contributed by atoms with Gasteiger partial charge in [-0.3, -0.25) is 19.7 Å². The average molecular weight is 440 g/mol. The molecule has 3 heterocycles. The molecule has 5 amide bonds. The van der Waals surface area contributed by atoms with E-state index in [4.69, 9.17) is 0 Å². The lowest BCUT2D eigenvalue weighted by Gasteiger charge is -2.11. The number of rotatable bonds is 6. The summed E-state index contributed by atoms with van der Waals surface area (Å²) in [6, 6.07) is 4.15. The number of aryl methyl sites for hydroxylation is 1. The highest BCUT2D eigenvalue weighted by Crippen LogP contribution is 2.10. The van der Waals surface area contributed by atoms with Gasteiger partial charge in [-0.1, -0.05) is 12.1 Å². The van der Waals surface area contributed by atoms with Crippen molar-refractivity contribution < 1.29 is 23.6 Å². The van der Waals surface area contributed by atoms with Gasteiger partial charge in [0.05, 0.1) is 0 Å². The van der Waals surface area contributed by atoms with Crippen molar-refractivity contribution in [3.63, 3.8) is 0 Å². The molecule has 4 rings (SSSR count). The van der Waals surface area contributed by atoms with Gasteiger partial charge in [0.2, 0.25) is 0 Å². The molecule has 1 atom stereocenters. The number of hydrogen-bond donors (Lipinski definition) is 4. The molecule has 1 fully saturated rings. The number of carbonyl (C=O) groups excluding carboxylic acids is 4. The van der Waals surface area contributed by atoms with Gasteiger partial charge in [0.1, 0.15) is 29.6 Å². The van der Waals surface area contributed by atoms with E-state index in [-0.39, 0.29) is 36.1 Å². The Kier molecular flexibility index (Phi) is 5.45. The Hall–Kier alpha value is -4.42. The summed E-state index contributed by atoms with van der Waals surface area (Å²) in [7, 11) is 0. The number of halogens is 1. The van der Waals surface area contributed by atoms with Gasteiger partial charge in [-0.15, -0.1) is 0 Å². The van der Waals surface area contributed by atoms with E-state index in [1.54, 1.807) is 19.1 Å². The van der Waals surface area contributed by atoms with Crippen LogP contribution in [-0.2, 0) is 11.3 Å². The third-order valence-corrected chi connectivity index (χ3v) is 4.72. The van der Waals surface area contributed by atoms with Gasteiger partial charge in [0.15, 0.2) is 0 Å². The van der Waals surface area contributed by atoms with Crippen LogP contribution in [0.5, 0.6) is 0 Å². The maximum atomic E-state index is 13.4. The van der Waals surface area contributed by atoms with E-state index < -0.39 is 29.8 Å². The molecule has 0 bridgehead atoms. The number of hydrogen-bond acceptors (Lipinski definition) is 7. The molecule has 4 N–H and O–H groups in total. The second-order valence-electron chi connectivity index (χ2n) is 6.99. The summed E-state index contributed by atoms with van der Waals surface area (Å²) < 4.78 is 14.6. The van der Waals surface area contributed by atoms with Crippen molar-refractivity contribution in [1.29, 1.82) is 0 Å². The average Bonchev–Trinajstić information content (AvgIpc) is 3.37. The molecule has 1 aromatic carbocycles. The predicted molar refractivity (Wildman–Crippen MR) is 106 cm³/mol. The van der Waals surface area contributed by atoms with Crippen LogP contribution in [0.15, 0.2) is 30.6 Å². The summed E-state index contributed by atoms with van der Waals surface area (Å²) >= 11 is 0. The fourth-order valence-electron chi connectivity index (χ4n) is 3.07. The van der Waals surface area contributed by atoms with Crippen LogP contribution in [-0.4, -0.2) is 55.9 Å². The SMILES string of the molecule is Cc1cc(CNC(=O)c2cc(C(=O)NCC3NC(=O)NC3=O)n3ncnc3n2)ccc1F. The van der Waals surface area contributed by atoms with Gasteiger partial charge in [0.25, 0.3) is 23.5 Å². The zero-order valence-electron chi connectivity index (χ0n) is 16.7. The van der Waals surface area contributed by atoms with Gasteiger partial charge in [-0.2, -0.15) is 14.6 Å². The topological polar surface area (TPSA) is 159 Å². The molecule has 0 saturated carbocycles. The van der Waals surface area contributed by atoms with Crippen LogP contribution in [0.4, 0.5) is 9.18 Å². The highest BCUT2D eigenvalue weighted by Gasteiger charge is 2.30. The molecule has 0 spiro atoms. The fourth-order valence-corrected chi connectivity index (χ4v) is 3.07. The summed E-state index contributed by atoms with van der Waals surface area (Å²) in [5.74, 6) is -2.11. The first-order valence-corrected chi connectivity index (χ1v) is 9.45. The van der Waals surface area contributed by atoms with Crippen molar-refractivity contribution >= 4 is 29.5 Å². The van der Waals surface area contributed by atoms with Crippen molar-refractivity contribution in [1.82, 2.24) is 40.8 Å². The summed E-state index contributed by atoms with van der Waals surface area (Å²) in [6.07, 6.45) is 1.17. The Balaban J connectivity index is 1.49. The maximum Gasteiger partial charge on any atom is 0.322 e. The predicted octanol–water partition coefficient (Wildman–Crippen LogP) is -0.560. The molecule has 0 radical (unpaired) electrons. The summed E-state index contributed by atoms with van der Waals surface area (Å²) in [6.45, 7) is 1.57. The van der Waals surface area contributed by atoms with Gasteiger partial charge >= 0.3 is 6.03 Å². The summed E-state index contributed by atoms with van der Waals surface area (Å²) in [5.41, 5.74) is 1.02. The van der Waals surface area contributed by atoms with Crippen LogP contribution in [0.25, 0.3) is 5.78 Å². The molecular weight excluding hydrogens is 423 g/mol. The van der Waals surface area contributed by atoms with Gasteiger partial charge in [-0.25, -0.2) is 14.2 Å². The minimum atomic E-state index is -0.915. The standard InChI is InChI=1S/C19H17FN8O4/c1-9-4-10(2-3-11(9)20)6-21-15(29)12-5-14(28-18(25-12)23-8-24-28)17(31)22-7-13-16(30)27-19(32)26-13/h2-5,8,13H,6-7H2,1H3,(H,21,29)(H,22,31)(H2,26,27,30,32). The first-order valence-electron chi connectivity index (χ1n) is 9.45. The van der Waals surface area contributed by atoms with E-state index in [9.17, 15) is 23.6 Å². The lowest BCUT2D eigenvalue weighted by molar-refractivity contribution is -0.120. The van der Waals surface area contributed by atoms with Crippen LogP contribution in [0.1, 0.15) is 32.1 Å². The maximum absolute atomic E-state index is 13.4. The normalized spacial score (nSPS) is 15.4. The number of carbonyl (C=O) groups is 4. The molecule has 2 aromatic heterocycles. The number of urea groups is 1. The molecule has 0 aliphatic carbocycles. The van der Waals surface area contributed by atoms with Crippen LogP contribution in [0.2, 0.25) is 0 Å². The van der Waals surface area contributed by atoms with Crippen molar-refractivity contribution in [3.05, 3.63) is 58.9 Å². The number of aromatic nitrogens is 4. The Morgan fingerprint density at radius 2 is 2.00 bits per heavy atom. The number of amides is 5. The molecular formula is C19H17FN8O4. The van der Waals surface area contributed by atoms with Crippen molar-refractivity contribution in [3.8, 4) is 0 Å². The number of fused-ring (bicyclic) bond motifs is 1. The Bertz CT molecular complexity index is 1260. The first-order chi connectivity index (χ1) is 15.3. The molecule has 1 unspecified atom stereocenters. The molecule has 13 heteroatoms. The van der Waals surface area contributed by atoms with Crippen LogP contribution in [0, 0.1) is 12.7 Å². The first kappa shape index (κ1) is 20.8. The summed E-state index contributed by atoms with van der Waals surface area (Å²) in [4.78, 5) is 56.1.